The molecule has 0 aromatic carbocycles. The van der Waals surface area contributed by atoms with Crippen LogP contribution in [0.3, 0.4) is 0 Å². The fourth-order valence-electron chi connectivity index (χ4n) is 2.10. The van der Waals surface area contributed by atoms with Crippen molar-refractivity contribution >= 4 is 0 Å². The molecule has 1 saturated heterocycles. The van der Waals surface area contributed by atoms with Crippen molar-refractivity contribution in [3.8, 4) is 0 Å². The van der Waals surface area contributed by atoms with E-state index in [1.807, 2.05) is 0 Å². The van der Waals surface area contributed by atoms with E-state index in [0.29, 0.717) is 6.04 Å². The van der Waals surface area contributed by atoms with Gasteiger partial charge in [0, 0.05) is 19.1 Å². The van der Waals surface area contributed by atoms with Crippen LogP contribution in [0.1, 0.15) is 26.7 Å². The van der Waals surface area contributed by atoms with Gasteiger partial charge in [-0.25, -0.2) is 0 Å². The van der Waals surface area contributed by atoms with Crippen LogP contribution in [0.25, 0.3) is 0 Å². The van der Waals surface area contributed by atoms with Crippen molar-refractivity contribution in [2.24, 2.45) is 11.7 Å². The third-order valence-corrected chi connectivity index (χ3v) is 2.85. The standard InChI is InChI=1S/C11H22N2/c1-9(2)8-13-5-4-10(3)6-11(13)7-12/h10-11H,1,4-8,12H2,2-3H3. The Bertz CT molecular complexity index is 177. The van der Waals surface area contributed by atoms with Gasteiger partial charge in [0.1, 0.15) is 0 Å². The lowest BCUT2D eigenvalue weighted by Crippen LogP contribution is -2.46. The molecule has 0 spiro atoms. The molecule has 0 aromatic rings. The summed E-state index contributed by atoms with van der Waals surface area (Å²) in [5.74, 6) is 0.843. The van der Waals surface area contributed by atoms with E-state index in [2.05, 4.69) is 25.3 Å². The number of hydrogen-bond donors (Lipinski definition) is 1. The van der Waals surface area contributed by atoms with Gasteiger partial charge >= 0.3 is 0 Å². The van der Waals surface area contributed by atoms with Crippen LogP contribution in [0.5, 0.6) is 0 Å². The van der Waals surface area contributed by atoms with Crippen LogP contribution in [-0.2, 0) is 0 Å². The molecule has 0 aromatic heterocycles. The third-order valence-electron chi connectivity index (χ3n) is 2.85. The SMILES string of the molecule is C=C(C)CN1CCC(C)CC1CN. The van der Waals surface area contributed by atoms with Crippen LogP contribution >= 0.6 is 0 Å². The second-order valence-corrected chi connectivity index (χ2v) is 4.45. The number of piperidine rings is 1. The van der Waals surface area contributed by atoms with Crippen LogP contribution in [-0.4, -0.2) is 30.6 Å². The van der Waals surface area contributed by atoms with E-state index in [1.54, 1.807) is 0 Å². The number of hydrogen-bond acceptors (Lipinski definition) is 2. The van der Waals surface area contributed by atoms with Gasteiger partial charge in [0.15, 0.2) is 0 Å². The van der Waals surface area contributed by atoms with Crippen molar-refractivity contribution < 1.29 is 0 Å². The fraction of sp³-hybridized carbons (Fsp3) is 0.818. The summed E-state index contributed by atoms with van der Waals surface area (Å²) in [5, 5.41) is 0. The Morgan fingerprint density at radius 2 is 2.31 bits per heavy atom. The largest absolute Gasteiger partial charge is 0.329 e. The molecular weight excluding hydrogens is 160 g/mol. The van der Waals surface area contributed by atoms with E-state index in [1.165, 1.54) is 25.0 Å². The van der Waals surface area contributed by atoms with E-state index in [4.69, 9.17) is 5.73 Å². The zero-order valence-electron chi connectivity index (χ0n) is 8.92. The van der Waals surface area contributed by atoms with Crippen molar-refractivity contribution in [2.75, 3.05) is 19.6 Å². The van der Waals surface area contributed by atoms with Crippen molar-refractivity contribution in [3.63, 3.8) is 0 Å². The molecule has 1 aliphatic heterocycles. The van der Waals surface area contributed by atoms with Gasteiger partial charge in [-0.1, -0.05) is 19.1 Å². The van der Waals surface area contributed by atoms with Gasteiger partial charge in [-0.15, -0.1) is 0 Å². The summed E-state index contributed by atoms with van der Waals surface area (Å²) >= 11 is 0. The van der Waals surface area contributed by atoms with E-state index in [0.717, 1.165) is 19.0 Å². The zero-order valence-corrected chi connectivity index (χ0v) is 8.92. The summed E-state index contributed by atoms with van der Waals surface area (Å²) < 4.78 is 0. The van der Waals surface area contributed by atoms with Crippen LogP contribution in [0.15, 0.2) is 12.2 Å². The van der Waals surface area contributed by atoms with Gasteiger partial charge < -0.3 is 5.73 Å². The molecule has 1 fully saturated rings. The molecule has 1 rings (SSSR count). The van der Waals surface area contributed by atoms with E-state index < -0.39 is 0 Å². The molecule has 1 heterocycles. The molecule has 2 heteroatoms. The second kappa shape index (κ2) is 4.77. The Hall–Kier alpha value is -0.340. The number of rotatable bonds is 3. The minimum absolute atomic E-state index is 0.584. The van der Waals surface area contributed by atoms with Gasteiger partial charge in [0.2, 0.25) is 0 Å². The van der Waals surface area contributed by atoms with Gasteiger partial charge in [0.05, 0.1) is 0 Å². The van der Waals surface area contributed by atoms with Crippen molar-refractivity contribution in [1.82, 2.24) is 4.90 Å². The molecule has 0 saturated carbocycles. The Morgan fingerprint density at radius 1 is 1.62 bits per heavy atom. The van der Waals surface area contributed by atoms with Crippen molar-refractivity contribution in [2.45, 2.75) is 32.7 Å². The van der Waals surface area contributed by atoms with Gasteiger partial charge in [-0.3, -0.25) is 4.90 Å². The van der Waals surface area contributed by atoms with E-state index in [9.17, 15) is 0 Å². The predicted octanol–water partition coefficient (Wildman–Crippen LogP) is 1.62. The first kappa shape index (κ1) is 10.7. The summed E-state index contributed by atoms with van der Waals surface area (Å²) in [7, 11) is 0. The smallest absolute Gasteiger partial charge is 0.0224 e. The molecule has 2 N–H and O–H groups in total. The summed E-state index contributed by atoms with van der Waals surface area (Å²) in [6.07, 6.45) is 2.56. The summed E-state index contributed by atoms with van der Waals surface area (Å²) in [6, 6.07) is 0.584. The van der Waals surface area contributed by atoms with E-state index in [-0.39, 0.29) is 0 Å². The Balaban J connectivity index is 2.47. The van der Waals surface area contributed by atoms with Gasteiger partial charge in [0.25, 0.3) is 0 Å². The summed E-state index contributed by atoms with van der Waals surface area (Å²) in [6.45, 7) is 11.4. The molecule has 0 amide bonds. The maximum absolute atomic E-state index is 5.76. The second-order valence-electron chi connectivity index (χ2n) is 4.45. The van der Waals surface area contributed by atoms with Gasteiger partial charge in [-0.05, 0) is 32.2 Å². The average molecular weight is 182 g/mol. The molecule has 2 atom stereocenters. The highest BCUT2D eigenvalue weighted by molar-refractivity contribution is 4.95. The fourth-order valence-corrected chi connectivity index (χ4v) is 2.10. The Kier molecular flexibility index (Phi) is 3.94. The normalized spacial score (nSPS) is 30.4. The first-order chi connectivity index (χ1) is 6.13. The highest BCUT2D eigenvalue weighted by Gasteiger charge is 2.24. The van der Waals surface area contributed by atoms with Gasteiger partial charge in [-0.2, -0.15) is 0 Å². The molecule has 0 aliphatic carbocycles. The quantitative estimate of drug-likeness (QED) is 0.672. The van der Waals surface area contributed by atoms with E-state index >= 15 is 0 Å². The van der Waals surface area contributed by atoms with Crippen LogP contribution in [0.4, 0.5) is 0 Å². The highest BCUT2D eigenvalue weighted by atomic mass is 15.2. The third kappa shape index (κ3) is 3.12. The lowest BCUT2D eigenvalue weighted by molar-refractivity contribution is 0.134. The minimum Gasteiger partial charge on any atom is -0.329 e. The van der Waals surface area contributed by atoms with Crippen molar-refractivity contribution in [3.05, 3.63) is 12.2 Å². The zero-order chi connectivity index (χ0) is 9.84. The summed E-state index contributed by atoms with van der Waals surface area (Å²) in [5.41, 5.74) is 7.00. The van der Waals surface area contributed by atoms with Crippen LogP contribution < -0.4 is 5.73 Å². The first-order valence-corrected chi connectivity index (χ1v) is 5.22. The molecule has 76 valence electrons. The van der Waals surface area contributed by atoms with Crippen molar-refractivity contribution in [1.29, 1.82) is 0 Å². The number of nitrogens with zero attached hydrogens (tertiary/aromatic N) is 1. The maximum Gasteiger partial charge on any atom is 0.0224 e. The lowest BCUT2D eigenvalue weighted by Gasteiger charge is -2.38. The Morgan fingerprint density at radius 3 is 2.85 bits per heavy atom. The molecule has 2 nitrogen and oxygen atoms in total. The highest BCUT2D eigenvalue weighted by Crippen LogP contribution is 2.22. The molecule has 2 unspecified atom stereocenters. The Labute approximate surface area is 81.8 Å². The molecule has 0 radical (unpaired) electrons. The maximum atomic E-state index is 5.76. The summed E-state index contributed by atoms with van der Waals surface area (Å²) in [4.78, 5) is 2.47. The molecular formula is C11H22N2. The van der Waals surface area contributed by atoms with Crippen LogP contribution in [0, 0.1) is 5.92 Å². The lowest BCUT2D eigenvalue weighted by atomic mass is 9.92. The molecule has 1 aliphatic rings. The first-order valence-electron chi connectivity index (χ1n) is 5.22. The molecule has 0 bridgehead atoms. The predicted molar refractivity (Wildman–Crippen MR) is 57.6 cm³/mol. The number of likely N-dealkylation sites (tertiary alicyclic amines) is 1. The van der Waals surface area contributed by atoms with Crippen LogP contribution in [0.2, 0.25) is 0 Å². The molecule has 13 heavy (non-hydrogen) atoms. The average Bonchev–Trinajstić information content (AvgIpc) is 2.07. The monoisotopic (exact) mass is 182 g/mol. The number of nitrogens with two attached hydrogens (primary N) is 1. The minimum atomic E-state index is 0.584. The topological polar surface area (TPSA) is 29.3 Å².